The molecule has 6 nitrogen and oxygen atoms in total. The first-order chi connectivity index (χ1) is 19.4. The van der Waals surface area contributed by atoms with Crippen molar-refractivity contribution in [1.29, 1.82) is 0 Å². The van der Waals surface area contributed by atoms with Crippen molar-refractivity contribution in [1.82, 2.24) is 5.32 Å². The topological polar surface area (TPSA) is 84.9 Å². The molecule has 40 heavy (non-hydrogen) atoms. The number of hydrogen-bond acceptors (Lipinski definition) is 6. The summed E-state index contributed by atoms with van der Waals surface area (Å²) in [7, 11) is 0. The van der Waals surface area contributed by atoms with Crippen LogP contribution in [-0.2, 0) is 20.7 Å². The molecule has 0 saturated heterocycles. The molecule has 1 heterocycles. The minimum Gasteiger partial charge on any atom is -0.504 e. The van der Waals surface area contributed by atoms with Gasteiger partial charge in [0.25, 0.3) is 0 Å². The van der Waals surface area contributed by atoms with Crippen molar-refractivity contribution < 1.29 is 24.2 Å². The van der Waals surface area contributed by atoms with Gasteiger partial charge in [-0.1, -0.05) is 60.1 Å². The van der Waals surface area contributed by atoms with E-state index in [1.54, 1.807) is 18.2 Å². The summed E-state index contributed by atoms with van der Waals surface area (Å²) in [5.74, 6) is -0.874. The number of benzene rings is 3. The number of phenolic OH excluding ortho intramolecular Hbond substituents is 1. The standard InChI is InChI=1S/C33H32ClNO5/c1-3-39-29-19-23(11-14-27(29)36)31-30(33(38)40-16-15-21-7-5-4-6-8-21)20(2)35-26-17-24(18-28(37)32(26)31)22-9-12-25(34)13-10-22/h4-14,19,24,31,35-36H,3,15-18H2,1-2H3/t24-,31-/m0/s1. The second-order valence-electron chi connectivity index (χ2n) is 10.1. The van der Waals surface area contributed by atoms with Gasteiger partial charge in [0.2, 0.25) is 0 Å². The zero-order chi connectivity index (χ0) is 28.2. The second-order valence-corrected chi connectivity index (χ2v) is 10.5. The highest BCUT2D eigenvalue weighted by Gasteiger charge is 2.41. The summed E-state index contributed by atoms with van der Waals surface area (Å²) in [5, 5.41) is 14.4. The van der Waals surface area contributed by atoms with E-state index < -0.39 is 11.9 Å². The molecule has 0 bridgehead atoms. The van der Waals surface area contributed by atoms with Gasteiger partial charge in [-0.3, -0.25) is 4.79 Å². The van der Waals surface area contributed by atoms with E-state index in [1.165, 1.54) is 0 Å². The molecule has 0 saturated carbocycles. The normalized spacial score (nSPS) is 18.7. The van der Waals surface area contributed by atoms with Gasteiger partial charge >= 0.3 is 5.97 Å². The molecule has 0 amide bonds. The molecule has 0 aromatic heterocycles. The van der Waals surface area contributed by atoms with Gasteiger partial charge in [0.15, 0.2) is 17.3 Å². The summed E-state index contributed by atoms with van der Waals surface area (Å²) in [4.78, 5) is 27.4. The Hall–Kier alpha value is -4.03. The second kappa shape index (κ2) is 12.0. The Bertz CT molecular complexity index is 1480. The molecule has 2 atom stereocenters. The SMILES string of the molecule is CCOc1cc([C@H]2C(C(=O)OCCc3ccccc3)=C(C)NC3=C2C(=O)C[C@@H](c2ccc(Cl)cc2)C3)ccc1O. The average Bonchev–Trinajstić information content (AvgIpc) is 2.94. The highest BCUT2D eigenvalue weighted by Crippen LogP contribution is 2.47. The van der Waals surface area contributed by atoms with Crippen LogP contribution in [0, 0.1) is 0 Å². The van der Waals surface area contributed by atoms with Gasteiger partial charge in [0.1, 0.15) is 0 Å². The number of ketones is 1. The number of dihydropyridines is 1. The third-order valence-electron chi connectivity index (χ3n) is 7.47. The number of ether oxygens (including phenoxy) is 2. The maximum absolute atomic E-state index is 13.8. The van der Waals surface area contributed by atoms with Crippen LogP contribution < -0.4 is 10.1 Å². The molecule has 2 aliphatic rings. The van der Waals surface area contributed by atoms with Crippen LogP contribution in [0.4, 0.5) is 0 Å². The Kier molecular flexibility index (Phi) is 8.27. The average molecular weight is 558 g/mol. The monoisotopic (exact) mass is 557 g/mol. The molecular weight excluding hydrogens is 526 g/mol. The first-order valence-electron chi connectivity index (χ1n) is 13.5. The highest BCUT2D eigenvalue weighted by atomic mass is 35.5. The molecule has 1 aliphatic carbocycles. The largest absolute Gasteiger partial charge is 0.504 e. The fourth-order valence-electron chi connectivity index (χ4n) is 5.58. The first kappa shape index (κ1) is 27.5. The minimum absolute atomic E-state index is 0.000741. The van der Waals surface area contributed by atoms with Crippen LogP contribution in [0.1, 0.15) is 55.2 Å². The van der Waals surface area contributed by atoms with Crippen LogP contribution >= 0.6 is 11.6 Å². The van der Waals surface area contributed by atoms with Gasteiger partial charge in [-0.05, 0) is 67.1 Å². The van der Waals surface area contributed by atoms with Crippen molar-refractivity contribution in [3.63, 3.8) is 0 Å². The minimum atomic E-state index is -0.654. The summed E-state index contributed by atoms with van der Waals surface area (Å²) in [6, 6.07) is 22.4. The lowest BCUT2D eigenvalue weighted by Gasteiger charge is -2.36. The lowest BCUT2D eigenvalue weighted by molar-refractivity contribution is -0.139. The molecule has 3 aromatic rings. The van der Waals surface area contributed by atoms with Gasteiger partial charge < -0.3 is 19.9 Å². The van der Waals surface area contributed by atoms with Crippen molar-refractivity contribution in [3.05, 3.63) is 117 Å². The Morgan fingerprint density at radius 2 is 1.75 bits per heavy atom. The van der Waals surface area contributed by atoms with Gasteiger partial charge in [0, 0.05) is 40.7 Å². The molecule has 0 spiro atoms. The van der Waals surface area contributed by atoms with Crippen LogP contribution in [0.15, 0.2) is 95.3 Å². The van der Waals surface area contributed by atoms with E-state index in [1.807, 2.05) is 68.4 Å². The van der Waals surface area contributed by atoms with Crippen molar-refractivity contribution >= 4 is 23.4 Å². The van der Waals surface area contributed by atoms with E-state index in [4.69, 9.17) is 21.1 Å². The lowest BCUT2D eigenvalue weighted by atomic mass is 9.71. The van der Waals surface area contributed by atoms with Crippen LogP contribution in [0.25, 0.3) is 0 Å². The molecule has 5 rings (SSSR count). The number of Topliss-reactive ketones (excluding diaryl/α,β-unsaturated/α-hetero) is 1. The fraction of sp³-hybridized carbons (Fsp3) is 0.273. The molecule has 0 radical (unpaired) electrons. The predicted molar refractivity (Wildman–Crippen MR) is 154 cm³/mol. The molecule has 1 aliphatic heterocycles. The Morgan fingerprint density at radius 1 is 1.02 bits per heavy atom. The molecule has 7 heteroatoms. The number of carbonyl (C=O) groups excluding carboxylic acids is 2. The molecular formula is C33H32ClNO5. The van der Waals surface area contributed by atoms with Gasteiger partial charge in [0.05, 0.1) is 18.8 Å². The van der Waals surface area contributed by atoms with Crippen LogP contribution in [0.3, 0.4) is 0 Å². The van der Waals surface area contributed by atoms with E-state index in [2.05, 4.69) is 5.32 Å². The van der Waals surface area contributed by atoms with Crippen molar-refractivity contribution in [2.75, 3.05) is 13.2 Å². The zero-order valence-corrected chi connectivity index (χ0v) is 23.3. The maximum Gasteiger partial charge on any atom is 0.336 e. The number of esters is 1. The predicted octanol–water partition coefficient (Wildman–Crippen LogP) is 6.59. The molecule has 0 unspecified atom stereocenters. The highest BCUT2D eigenvalue weighted by molar-refractivity contribution is 6.30. The van der Waals surface area contributed by atoms with E-state index >= 15 is 0 Å². The van der Waals surface area contributed by atoms with E-state index in [9.17, 15) is 14.7 Å². The number of aromatic hydroxyl groups is 1. The number of nitrogens with one attached hydrogen (secondary N) is 1. The summed E-state index contributed by atoms with van der Waals surface area (Å²) >= 11 is 6.09. The maximum atomic E-state index is 13.8. The van der Waals surface area contributed by atoms with E-state index in [0.717, 1.165) is 16.8 Å². The van der Waals surface area contributed by atoms with Gasteiger partial charge in [-0.2, -0.15) is 0 Å². The Labute approximate surface area is 239 Å². The van der Waals surface area contributed by atoms with E-state index in [0.29, 0.717) is 59.0 Å². The van der Waals surface area contributed by atoms with Crippen molar-refractivity contribution in [3.8, 4) is 11.5 Å². The summed E-state index contributed by atoms with van der Waals surface area (Å²) in [5.41, 5.74) is 5.17. The third-order valence-corrected chi connectivity index (χ3v) is 7.72. The van der Waals surface area contributed by atoms with Crippen molar-refractivity contribution in [2.24, 2.45) is 0 Å². The summed E-state index contributed by atoms with van der Waals surface area (Å²) < 4.78 is 11.4. The number of rotatable bonds is 8. The number of halogens is 1. The molecule has 0 fully saturated rings. The van der Waals surface area contributed by atoms with Gasteiger partial charge in [-0.15, -0.1) is 0 Å². The molecule has 206 valence electrons. The van der Waals surface area contributed by atoms with Crippen LogP contribution in [0.2, 0.25) is 5.02 Å². The number of allylic oxidation sites excluding steroid dienone is 3. The lowest BCUT2D eigenvalue weighted by Crippen LogP contribution is -2.36. The van der Waals surface area contributed by atoms with Gasteiger partial charge in [-0.25, -0.2) is 4.79 Å². The number of carbonyl (C=O) groups is 2. The third kappa shape index (κ3) is 5.77. The summed E-state index contributed by atoms with van der Waals surface area (Å²) in [6.07, 6.45) is 1.51. The van der Waals surface area contributed by atoms with E-state index in [-0.39, 0.29) is 24.1 Å². The number of phenols is 1. The first-order valence-corrected chi connectivity index (χ1v) is 13.9. The zero-order valence-electron chi connectivity index (χ0n) is 22.6. The molecule has 3 aromatic carbocycles. The number of hydrogen-bond donors (Lipinski definition) is 2. The quantitative estimate of drug-likeness (QED) is 0.304. The Morgan fingerprint density at radius 3 is 2.48 bits per heavy atom. The summed E-state index contributed by atoms with van der Waals surface area (Å²) in [6.45, 7) is 4.25. The van der Waals surface area contributed by atoms with Crippen LogP contribution in [-0.4, -0.2) is 30.1 Å². The Balaban J connectivity index is 1.50. The fourth-order valence-corrected chi connectivity index (χ4v) is 5.70. The smallest absolute Gasteiger partial charge is 0.336 e. The van der Waals surface area contributed by atoms with Crippen molar-refractivity contribution in [2.45, 2.75) is 44.9 Å². The van der Waals surface area contributed by atoms with Crippen LogP contribution in [0.5, 0.6) is 11.5 Å². The molecule has 2 N–H and O–H groups in total.